The van der Waals surface area contributed by atoms with Crippen LogP contribution < -0.4 is 5.73 Å². The van der Waals surface area contributed by atoms with E-state index < -0.39 is 5.60 Å². The van der Waals surface area contributed by atoms with Gasteiger partial charge in [-0.2, -0.15) is 0 Å². The normalized spacial score (nSPS) is 20.8. The van der Waals surface area contributed by atoms with Gasteiger partial charge in [0.1, 0.15) is 5.60 Å². The number of benzene rings is 1. The quantitative estimate of drug-likeness (QED) is 0.824. The lowest BCUT2D eigenvalue weighted by Gasteiger charge is -2.34. The number of nitrogens with zero attached hydrogens (tertiary/aromatic N) is 1. The number of likely N-dealkylation sites (tertiary alicyclic amines) is 1. The highest BCUT2D eigenvalue weighted by atomic mass is 16.5. The maximum absolute atomic E-state index is 10.7. The van der Waals surface area contributed by atoms with E-state index in [4.69, 9.17) is 10.5 Å². The van der Waals surface area contributed by atoms with Crippen molar-refractivity contribution in [3.8, 4) is 0 Å². The summed E-state index contributed by atoms with van der Waals surface area (Å²) in [5, 5.41) is 10.7. The summed E-state index contributed by atoms with van der Waals surface area (Å²) < 4.78 is 5.38. The standard InChI is InChI=1S/C16H26N2O2/c1-20-15-7-10-18(11-8-15)12-9-16(19,13-17)14-5-3-2-4-6-14/h2-6,15,19H,7-13,17H2,1H3. The third kappa shape index (κ3) is 3.79. The first-order valence-corrected chi connectivity index (χ1v) is 7.41. The monoisotopic (exact) mass is 278 g/mol. The molecule has 4 nitrogen and oxygen atoms in total. The smallest absolute Gasteiger partial charge is 0.103 e. The van der Waals surface area contributed by atoms with Crippen LogP contribution in [0.3, 0.4) is 0 Å². The summed E-state index contributed by atoms with van der Waals surface area (Å²) in [6, 6.07) is 9.74. The molecule has 1 aliphatic rings. The van der Waals surface area contributed by atoms with E-state index in [1.165, 1.54) is 0 Å². The highest BCUT2D eigenvalue weighted by Gasteiger charge is 2.29. The lowest BCUT2D eigenvalue weighted by atomic mass is 9.90. The lowest BCUT2D eigenvalue weighted by molar-refractivity contribution is 0.00811. The summed E-state index contributed by atoms with van der Waals surface area (Å²) in [5.74, 6) is 0. The van der Waals surface area contributed by atoms with E-state index in [1.807, 2.05) is 30.3 Å². The second-order valence-electron chi connectivity index (χ2n) is 5.63. The molecule has 1 saturated heterocycles. The molecule has 0 bridgehead atoms. The summed E-state index contributed by atoms with van der Waals surface area (Å²) >= 11 is 0. The molecule has 1 aromatic carbocycles. The number of piperidine rings is 1. The molecule has 2 rings (SSSR count). The van der Waals surface area contributed by atoms with E-state index in [0.29, 0.717) is 12.5 Å². The zero-order valence-corrected chi connectivity index (χ0v) is 12.3. The minimum Gasteiger partial charge on any atom is -0.384 e. The van der Waals surface area contributed by atoms with Gasteiger partial charge in [0.2, 0.25) is 0 Å². The molecule has 0 amide bonds. The van der Waals surface area contributed by atoms with Gasteiger partial charge < -0.3 is 20.5 Å². The summed E-state index contributed by atoms with van der Waals surface area (Å²) in [5.41, 5.74) is 5.80. The number of nitrogens with two attached hydrogens (primary N) is 1. The number of hydrogen-bond acceptors (Lipinski definition) is 4. The molecule has 0 saturated carbocycles. The van der Waals surface area contributed by atoms with Crippen molar-refractivity contribution in [1.82, 2.24) is 4.90 Å². The number of hydrogen-bond donors (Lipinski definition) is 2. The highest BCUT2D eigenvalue weighted by Crippen LogP contribution is 2.25. The Labute approximate surface area is 121 Å². The minimum atomic E-state index is -0.917. The molecule has 4 heteroatoms. The van der Waals surface area contributed by atoms with Gasteiger partial charge in [-0.05, 0) is 24.8 Å². The van der Waals surface area contributed by atoms with Crippen LogP contribution in [0, 0.1) is 0 Å². The Balaban J connectivity index is 1.88. The predicted molar refractivity (Wildman–Crippen MR) is 80.5 cm³/mol. The molecule has 0 aliphatic carbocycles. The maximum atomic E-state index is 10.7. The largest absolute Gasteiger partial charge is 0.384 e. The van der Waals surface area contributed by atoms with Gasteiger partial charge in [-0.15, -0.1) is 0 Å². The van der Waals surface area contributed by atoms with Gasteiger partial charge in [0, 0.05) is 33.3 Å². The summed E-state index contributed by atoms with van der Waals surface area (Å²) in [7, 11) is 1.78. The number of methoxy groups -OCH3 is 1. The predicted octanol–water partition coefficient (Wildman–Crippen LogP) is 1.33. The molecule has 1 atom stereocenters. The Kier molecular flexibility index (Phi) is 5.54. The van der Waals surface area contributed by atoms with Crippen LogP contribution in [0.15, 0.2) is 30.3 Å². The topological polar surface area (TPSA) is 58.7 Å². The number of aliphatic hydroxyl groups is 1. The van der Waals surface area contributed by atoms with Crippen LogP contribution in [0.4, 0.5) is 0 Å². The molecule has 1 unspecified atom stereocenters. The van der Waals surface area contributed by atoms with Crippen molar-refractivity contribution in [2.24, 2.45) is 5.73 Å². The Morgan fingerprint density at radius 3 is 2.50 bits per heavy atom. The molecule has 20 heavy (non-hydrogen) atoms. The third-order valence-electron chi connectivity index (χ3n) is 4.36. The summed E-state index contributed by atoms with van der Waals surface area (Å²) in [4.78, 5) is 2.39. The van der Waals surface area contributed by atoms with Crippen molar-refractivity contribution in [3.05, 3.63) is 35.9 Å². The molecule has 0 spiro atoms. The summed E-state index contributed by atoms with van der Waals surface area (Å²) in [6.45, 7) is 3.20. The fourth-order valence-corrected chi connectivity index (χ4v) is 2.82. The Morgan fingerprint density at radius 2 is 1.95 bits per heavy atom. The van der Waals surface area contributed by atoms with Crippen molar-refractivity contribution in [2.45, 2.75) is 31.0 Å². The molecule has 112 valence electrons. The third-order valence-corrected chi connectivity index (χ3v) is 4.36. The Hall–Kier alpha value is -0.940. The van der Waals surface area contributed by atoms with Crippen molar-refractivity contribution in [3.63, 3.8) is 0 Å². The fourth-order valence-electron chi connectivity index (χ4n) is 2.82. The lowest BCUT2D eigenvalue weighted by Crippen LogP contribution is -2.42. The number of ether oxygens (including phenoxy) is 1. The van der Waals surface area contributed by atoms with E-state index in [9.17, 15) is 5.11 Å². The summed E-state index contributed by atoms with van der Waals surface area (Å²) in [6.07, 6.45) is 3.21. The van der Waals surface area contributed by atoms with Crippen molar-refractivity contribution < 1.29 is 9.84 Å². The van der Waals surface area contributed by atoms with Crippen LogP contribution >= 0.6 is 0 Å². The molecule has 3 N–H and O–H groups in total. The number of rotatable bonds is 6. The second-order valence-corrected chi connectivity index (χ2v) is 5.63. The van der Waals surface area contributed by atoms with E-state index in [-0.39, 0.29) is 6.54 Å². The van der Waals surface area contributed by atoms with Crippen molar-refractivity contribution in [2.75, 3.05) is 33.3 Å². The van der Waals surface area contributed by atoms with Crippen molar-refractivity contribution in [1.29, 1.82) is 0 Å². The van der Waals surface area contributed by atoms with Crippen LogP contribution in [0.25, 0.3) is 0 Å². The fraction of sp³-hybridized carbons (Fsp3) is 0.625. The van der Waals surface area contributed by atoms with Crippen LogP contribution in [0.5, 0.6) is 0 Å². The van der Waals surface area contributed by atoms with Crippen molar-refractivity contribution >= 4 is 0 Å². The van der Waals surface area contributed by atoms with Gasteiger partial charge in [-0.1, -0.05) is 30.3 Å². The molecule has 0 aromatic heterocycles. The first kappa shape index (κ1) is 15.4. The molecular weight excluding hydrogens is 252 g/mol. The first-order valence-electron chi connectivity index (χ1n) is 7.41. The molecular formula is C16H26N2O2. The van der Waals surface area contributed by atoms with Gasteiger partial charge in [-0.3, -0.25) is 0 Å². The molecule has 0 radical (unpaired) electrons. The van der Waals surface area contributed by atoms with E-state index >= 15 is 0 Å². The zero-order valence-electron chi connectivity index (χ0n) is 12.3. The molecule has 1 heterocycles. The maximum Gasteiger partial charge on any atom is 0.103 e. The average Bonchev–Trinajstić information content (AvgIpc) is 2.54. The van der Waals surface area contributed by atoms with Crippen LogP contribution in [-0.4, -0.2) is 49.4 Å². The molecule has 1 aliphatic heterocycles. The van der Waals surface area contributed by atoms with Crippen LogP contribution in [-0.2, 0) is 10.3 Å². The minimum absolute atomic E-state index is 0.256. The Morgan fingerprint density at radius 1 is 1.30 bits per heavy atom. The van der Waals surface area contributed by atoms with Gasteiger partial charge in [0.15, 0.2) is 0 Å². The SMILES string of the molecule is COC1CCN(CCC(O)(CN)c2ccccc2)CC1. The average molecular weight is 278 g/mol. The van der Waals surface area contributed by atoms with Crippen LogP contribution in [0.2, 0.25) is 0 Å². The van der Waals surface area contributed by atoms with E-state index in [2.05, 4.69) is 4.90 Å². The Bertz CT molecular complexity index is 391. The van der Waals surface area contributed by atoms with Crippen LogP contribution in [0.1, 0.15) is 24.8 Å². The van der Waals surface area contributed by atoms with E-state index in [1.54, 1.807) is 7.11 Å². The molecule has 1 aromatic rings. The second kappa shape index (κ2) is 7.18. The van der Waals surface area contributed by atoms with E-state index in [0.717, 1.165) is 38.0 Å². The van der Waals surface area contributed by atoms with Gasteiger partial charge in [0.25, 0.3) is 0 Å². The molecule has 1 fully saturated rings. The van der Waals surface area contributed by atoms with Gasteiger partial charge in [0.05, 0.1) is 6.10 Å². The highest BCUT2D eigenvalue weighted by molar-refractivity contribution is 5.22. The van der Waals surface area contributed by atoms with Gasteiger partial charge >= 0.3 is 0 Å². The first-order chi connectivity index (χ1) is 9.68. The van der Waals surface area contributed by atoms with Gasteiger partial charge in [-0.25, -0.2) is 0 Å². The zero-order chi connectivity index (χ0) is 14.4.